The van der Waals surface area contributed by atoms with Gasteiger partial charge >= 0.3 is 0 Å². The number of nitrogens with one attached hydrogen (secondary N) is 1. The molecule has 0 saturated heterocycles. The van der Waals surface area contributed by atoms with Crippen LogP contribution in [0.5, 0.6) is 0 Å². The Balaban J connectivity index is 2.53. The third kappa shape index (κ3) is 2.19. The molecule has 0 bridgehead atoms. The molecule has 17 heavy (non-hydrogen) atoms. The first-order chi connectivity index (χ1) is 8.24. The first-order valence-corrected chi connectivity index (χ1v) is 4.79. The van der Waals surface area contributed by atoms with Crippen LogP contribution in [0.1, 0.15) is 11.3 Å². The van der Waals surface area contributed by atoms with Crippen LogP contribution in [0.2, 0.25) is 0 Å². The van der Waals surface area contributed by atoms with Crippen LogP contribution in [0, 0.1) is 11.3 Å². The molecular formula is C11H8N4O2. The molecule has 0 aliphatic carbocycles. The quantitative estimate of drug-likeness (QED) is 0.764. The highest BCUT2D eigenvalue weighted by Crippen LogP contribution is 2.14. The van der Waals surface area contributed by atoms with Gasteiger partial charge in [0.15, 0.2) is 0 Å². The standard InChI is InChI=1S/C11H8N4O2/c12-2-7-1-8(3-14-11(7)17)10-5-13-4-9(6-16)15-10/h1,3-5,16H,6H2,(H,14,17). The molecule has 2 aromatic heterocycles. The normalized spacial score (nSPS) is 9.88. The largest absolute Gasteiger partial charge is 0.390 e. The number of pyridine rings is 1. The number of nitrogens with zero attached hydrogens (tertiary/aromatic N) is 3. The Bertz CT molecular complexity index is 642. The molecule has 0 aliphatic heterocycles. The zero-order chi connectivity index (χ0) is 12.3. The molecule has 0 spiro atoms. The molecule has 0 aromatic carbocycles. The first kappa shape index (κ1) is 11.0. The zero-order valence-corrected chi connectivity index (χ0v) is 8.71. The van der Waals surface area contributed by atoms with Gasteiger partial charge in [0.1, 0.15) is 11.6 Å². The van der Waals surface area contributed by atoms with E-state index in [9.17, 15) is 4.79 Å². The molecule has 2 heterocycles. The molecule has 2 N–H and O–H groups in total. The average molecular weight is 228 g/mol. The smallest absolute Gasteiger partial charge is 0.265 e. The monoisotopic (exact) mass is 228 g/mol. The van der Waals surface area contributed by atoms with E-state index in [1.165, 1.54) is 24.7 Å². The summed E-state index contributed by atoms with van der Waals surface area (Å²) >= 11 is 0. The van der Waals surface area contributed by atoms with E-state index >= 15 is 0 Å². The molecule has 0 fully saturated rings. The Labute approximate surface area is 96.2 Å². The highest BCUT2D eigenvalue weighted by Gasteiger charge is 2.05. The van der Waals surface area contributed by atoms with Gasteiger partial charge in [-0.1, -0.05) is 0 Å². The summed E-state index contributed by atoms with van der Waals surface area (Å²) in [7, 11) is 0. The van der Waals surface area contributed by atoms with Gasteiger partial charge in [-0.3, -0.25) is 9.78 Å². The molecule has 2 rings (SSSR count). The SMILES string of the molecule is N#Cc1cc(-c2cncc(CO)n2)c[nH]c1=O. The number of aromatic nitrogens is 3. The molecule has 0 atom stereocenters. The van der Waals surface area contributed by atoms with Crippen molar-refractivity contribution in [2.24, 2.45) is 0 Å². The van der Waals surface area contributed by atoms with Crippen LogP contribution in [0.25, 0.3) is 11.3 Å². The van der Waals surface area contributed by atoms with Gasteiger partial charge in [-0.05, 0) is 6.07 Å². The lowest BCUT2D eigenvalue weighted by Gasteiger charge is -2.01. The lowest BCUT2D eigenvalue weighted by Crippen LogP contribution is -2.09. The van der Waals surface area contributed by atoms with Crippen LogP contribution in [-0.4, -0.2) is 20.1 Å². The molecule has 6 nitrogen and oxygen atoms in total. The Hall–Kier alpha value is -2.52. The van der Waals surface area contributed by atoms with Gasteiger partial charge in [0.05, 0.1) is 30.4 Å². The topological polar surface area (TPSA) is 103 Å². The van der Waals surface area contributed by atoms with E-state index < -0.39 is 5.56 Å². The fourth-order valence-electron chi connectivity index (χ4n) is 1.34. The van der Waals surface area contributed by atoms with E-state index in [1.807, 2.05) is 0 Å². The van der Waals surface area contributed by atoms with E-state index in [1.54, 1.807) is 6.07 Å². The van der Waals surface area contributed by atoms with Crippen molar-refractivity contribution in [2.75, 3.05) is 0 Å². The number of nitriles is 1. The number of aromatic amines is 1. The van der Waals surface area contributed by atoms with Crippen molar-refractivity contribution in [1.29, 1.82) is 5.26 Å². The van der Waals surface area contributed by atoms with Gasteiger partial charge in [-0.25, -0.2) is 4.98 Å². The first-order valence-electron chi connectivity index (χ1n) is 4.79. The summed E-state index contributed by atoms with van der Waals surface area (Å²) < 4.78 is 0. The van der Waals surface area contributed by atoms with Gasteiger partial charge in [0.25, 0.3) is 5.56 Å². The Morgan fingerprint density at radius 1 is 1.47 bits per heavy atom. The van der Waals surface area contributed by atoms with Gasteiger partial charge in [0, 0.05) is 11.8 Å². The zero-order valence-electron chi connectivity index (χ0n) is 8.71. The summed E-state index contributed by atoms with van der Waals surface area (Å²) in [6, 6.07) is 3.23. The molecule has 0 radical (unpaired) electrons. The van der Waals surface area contributed by atoms with E-state index in [0.717, 1.165) is 0 Å². The number of hydrogen-bond acceptors (Lipinski definition) is 5. The van der Waals surface area contributed by atoms with Crippen LogP contribution >= 0.6 is 0 Å². The van der Waals surface area contributed by atoms with Gasteiger partial charge in [-0.15, -0.1) is 0 Å². The van der Waals surface area contributed by atoms with Gasteiger partial charge in [0.2, 0.25) is 0 Å². The Morgan fingerprint density at radius 3 is 3.00 bits per heavy atom. The van der Waals surface area contributed by atoms with Crippen molar-refractivity contribution >= 4 is 0 Å². The second kappa shape index (κ2) is 4.55. The van der Waals surface area contributed by atoms with Gasteiger partial charge < -0.3 is 10.1 Å². The minimum Gasteiger partial charge on any atom is -0.390 e. The lowest BCUT2D eigenvalue weighted by molar-refractivity contribution is 0.276. The van der Waals surface area contributed by atoms with Crippen LogP contribution in [0.15, 0.2) is 29.5 Å². The van der Waals surface area contributed by atoms with Crippen molar-refractivity contribution in [3.63, 3.8) is 0 Å². The minimum atomic E-state index is -0.442. The summed E-state index contributed by atoms with van der Waals surface area (Å²) in [6.45, 7) is -0.213. The highest BCUT2D eigenvalue weighted by molar-refractivity contribution is 5.58. The fourth-order valence-corrected chi connectivity index (χ4v) is 1.34. The van der Waals surface area contributed by atoms with E-state index in [-0.39, 0.29) is 12.2 Å². The molecule has 0 unspecified atom stereocenters. The second-order valence-electron chi connectivity index (χ2n) is 3.30. The molecule has 0 saturated carbocycles. The van der Waals surface area contributed by atoms with Crippen LogP contribution in [0.4, 0.5) is 0 Å². The van der Waals surface area contributed by atoms with Crippen molar-refractivity contribution in [2.45, 2.75) is 6.61 Å². The molecule has 0 amide bonds. The minimum absolute atomic E-state index is 0.0127. The molecular weight excluding hydrogens is 220 g/mol. The predicted octanol–water partition coefficient (Wildman–Crippen LogP) is 0.196. The van der Waals surface area contributed by atoms with Crippen molar-refractivity contribution in [1.82, 2.24) is 15.0 Å². The number of aliphatic hydroxyl groups is 1. The maximum Gasteiger partial charge on any atom is 0.265 e. The van der Waals surface area contributed by atoms with Crippen LogP contribution < -0.4 is 5.56 Å². The third-order valence-electron chi connectivity index (χ3n) is 2.17. The number of rotatable bonds is 2. The molecule has 2 aromatic rings. The molecule has 84 valence electrons. The van der Waals surface area contributed by atoms with Crippen LogP contribution in [0.3, 0.4) is 0 Å². The predicted molar refractivity (Wildman–Crippen MR) is 58.7 cm³/mol. The van der Waals surface area contributed by atoms with Crippen LogP contribution in [-0.2, 0) is 6.61 Å². The number of hydrogen-bond donors (Lipinski definition) is 2. The Kier molecular flexibility index (Phi) is 2.94. The summed E-state index contributed by atoms with van der Waals surface area (Å²) in [4.78, 5) is 21.7. The lowest BCUT2D eigenvalue weighted by atomic mass is 10.1. The summed E-state index contributed by atoms with van der Waals surface area (Å²) in [5, 5.41) is 17.7. The summed E-state index contributed by atoms with van der Waals surface area (Å²) in [6.07, 6.45) is 4.39. The van der Waals surface area contributed by atoms with Crippen molar-refractivity contribution in [3.8, 4) is 17.3 Å². The second-order valence-corrected chi connectivity index (χ2v) is 3.30. The summed E-state index contributed by atoms with van der Waals surface area (Å²) in [5.74, 6) is 0. The average Bonchev–Trinajstić information content (AvgIpc) is 2.39. The fraction of sp³-hybridized carbons (Fsp3) is 0.0909. The maximum absolute atomic E-state index is 11.2. The van der Waals surface area contributed by atoms with Crippen molar-refractivity contribution in [3.05, 3.63) is 46.3 Å². The molecule has 0 aliphatic rings. The van der Waals surface area contributed by atoms with Crippen molar-refractivity contribution < 1.29 is 5.11 Å². The summed E-state index contributed by atoms with van der Waals surface area (Å²) in [5.41, 5.74) is 1.06. The molecule has 6 heteroatoms. The third-order valence-corrected chi connectivity index (χ3v) is 2.17. The Morgan fingerprint density at radius 2 is 2.29 bits per heavy atom. The highest BCUT2D eigenvalue weighted by atomic mass is 16.3. The maximum atomic E-state index is 11.2. The van der Waals surface area contributed by atoms with Gasteiger partial charge in [-0.2, -0.15) is 5.26 Å². The van der Waals surface area contributed by atoms with E-state index in [2.05, 4.69) is 15.0 Å². The number of aliphatic hydroxyl groups excluding tert-OH is 1. The number of H-pyrrole nitrogens is 1. The van der Waals surface area contributed by atoms with E-state index in [0.29, 0.717) is 17.0 Å². The van der Waals surface area contributed by atoms with E-state index in [4.69, 9.17) is 10.4 Å².